The van der Waals surface area contributed by atoms with Gasteiger partial charge in [0.15, 0.2) is 0 Å². The number of carbonyl (C=O) groups is 2. The lowest BCUT2D eigenvalue weighted by Gasteiger charge is -2.23. The molecule has 160 valence electrons. The Morgan fingerprint density at radius 3 is 2.67 bits per heavy atom. The predicted octanol–water partition coefficient (Wildman–Crippen LogP) is 4.10. The summed E-state index contributed by atoms with van der Waals surface area (Å²) >= 11 is 6.13. The summed E-state index contributed by atoms with van der Waals surface area (Å²) in [4.78, 5) is 27.1. The Morgan fingerprint density at radius 1 is 1.27 bits per heavy atom. The standard InChI is InChI=1S/C22H24ClNO6/c1-4-29-17-12-14(7-8-15(17)23)20(25)18-19(16-9-6-13(2)30-16)24(10-5-11-28-3)22(27)21(18)26/h6-9,12,19,25H,4-5,10-11H2,1-3H3/b20-18-. The van der Waals surface area contributed by atoms with E-state index >= 15 is 0 Å². The number of halogens is 1. The number of hydrogen-bond acceptors (Lipinski definition) is 6. The number of carbonyl (C=O) groups excluding carboxylic acids is 2. The molecule has 8 heteroatoms. The van der Waals surface area contributed by atoms with Crippen LogP contribution in [-0.4, -0.2) is 48.6 Å². The quantitative estimate of drug-likeness (QED) is 0.292. The van der Waals surface area contributed by atoms with E-state index in [2.05, 4.69) is 0 Å². The van der Waals surface area contributed by atoms with E-state index in [1.807, 2.05) is 6.92 Å². The third-order valence-corrected chi connectivity index (χ3v) is 5.13. The van der Waals surface area contributed by atoms with Crippen molar-refractivity contribution < 1.29 is 28.6 Å². The second-order valence-electron chi connectivity index (χ2n) is 6.87. The molecule has 1 unspecified atom stereocenters. The molecule has 0 radical (unpaired) electrons. The zero-order valence-electron chi connectivity index (χ0n) is 17.1. The van der Waals surface area contributed by atoms with Crippen LogP contribution < -0.4 is 4.74 Å². The number of rotatable bonds is 8. The van der Waals surface area contributed by atoms with Crippen LogP contribution in [0.3, 0.4) is 0 Å². The van der Waals surface area contributed by atoms with E-state index in [9.17, 15) is 14.7 Å². The number of ketones is 1. The largest absolute Gasteiger partial charge is 0.507 e. The molecule has 1 atom stereocenters. The summed E-state index contributed by atoms with van der Waals surface area (Å²) in [6.07, 6.45) is 0.537. The molecule has 0 aliphatic carbocycles. The highest BCUT2D eigenvalue weighted by Crippen LogP contribution is 2.41. The van der Waals surface area contributed by atoms with Gasteiger partial charge in [0.1, 0.15) is 29.1 Å². The monoisotopic (exact) mass is 433 g/mol. The van der Waals surface area contributed by atoms with Gasteiger partial charge in [0, 0.05) is 25.8 Å². The number of hydrogen-bond donors (Lipinski definition) is 1. The summed E-state index contributed by atoms with van der Waals surface area (Å²) < 4.78 is 16.3. The number of methoxy groups -OCH3 is 1. The number of aryl methyl sites for hydroxylation is 1. The summed E-state index contributed by atoms with van der Waals surface area (Å²) in [5.74, 6) is -0.341. The van der Waals surface area contributed by atoms with Crippen molar-refractivity contribution in [2.45, 2.75) is 26.3 Å². The average molecular weight is 434 g/mol. The van der Waals surface area contributed by atoms with Crippen LogP contribution in [0.2, 0.25) is 5.02 Å². The predicted molar refractivity (Wildman–Crippen MR) is 112 cm³/mol. The molecule has 2 aromatic rings. The molecule has 7 nitrogen and oxygen atoms in total. The summed E-state index contributed by atoms with van der Waals surface area (Å²) in [5, 5.41) is 11.4. The third-order valence-electron chi connectivity index (χ3n) is 4.82. The van der Waals surface area contributed by atoms with Crippen LogP contribution in [0.15, 0.2) is 40.3 Å². The molecule has 1 N–H and O–H groups in total. The van der Waals surface area contributed by atoms with Crippen LogP contribution in [0.1, 0.15) is 36.5 Å². The van der Waals surface area contributed by atoms with Crippen molar-refractivity contribution in [3.05, 3.63) is 58.0 Å². The fourth-order valence-electron chi connectivity index (χ4n) is 3.46. The lowest BCUT2D eigenvalue weighted by Crippen LogP contribution is -2.31. The number of benzene rings is 1. The Morgan fingerprint density at radius 2 is 2.03 bits per heavy atom. The summed E-state index contributed by atoms with van der Waals surface area (Å²) in [7, 11) is 1.57. The van der Waals surface area contributed by atoms with Gasteiger partial charge < -0.3 is 23.9 Å². The summed E-state index contributed by atoms with van der Waals surface area (Å²) in [5.41, 5.74) is 0.294. The number of likely N-dealkylation sites (tertiary alicyclic amines) is 1. The second-order valence-corrected chi connectivity index (χ2v) is 7.27. The normalized spacial score (nSPS) is 18.3. The van der Waals surface area contributed by atoms with Gasteiger partial charge in [-0.25, -0.2) is 0 Å². The van der Waals surface area contributed by atoms with Gasteiger partial charge in [-0.3, -0.25) is 9.59 Å². The Balaban J connectivity index is 2.10. The van der Waals surface area contributed by atoms with Crippen molar-refractivity contribution in [2.24, 2.45) is 0 Å². The fraction of sp³-hybridized carbons (Fsp3) is 0.364. The molecular weight excluding hydrogens is 410 g/mol. The molecule has 1 saturated heterocycles. The molecule has 0 saturated carbocycles. The first kappa shape index (κ1) is 21.9. The SMILES string of the molecule is CCOc1cc(/C(O)=C2/C(=O)C(=O)N(CCCOC)C2c2ccc(C)o2)ccc1Cl. The minimum absolute atomic E-state index is 0.0310. The van der Waals surface area contributed by atoms with Crippen LogP contribution in [0.5, 0.6) is 5.75 Å². The van der Waals surface area contributed by atoms with Crippen molar-refractivity contribution in [2.75, 3.05) is 26.9 Å². The minimum Gasteiger partial charge on any atom is -0.507 e. The highest BCUT2D eigenvalue weighted by molar-refractivity contribution is 6.46. The minimum atomic E-state index is -0.832. The van der Waals surface area contributed by atoms with E-state index in [1.54, 1.807) is 44.4 Å². The highest BCUT2D eigenvalue weighted by atomic mass is 35.5. The van der Waals surface area contributed by atoms with Gasteiger partial charge >= 0.3 is 0 Å². The maximum absolute atomic E-state index is 12.9. The third kappa shape index (κ3) is 4.22. The van der Waals surface area contributed by atoms with Crippen LogP contribution in [0.4, 0.5) is 0 Å². The topological polar surface area (TPSA) is 89.2 Å². The number of amides is 1. The lowest BCUT2D eigenvalue weighted by atomic mass is 9.99. The molecule has 1 amide bonds. The van der Waals surface area contributed by atoms with Gasteiger partial charge in [-0.1, -0.05) is 11.6 Å². The van der Waals surface area contributed by atoms with Crippen molar-refractivity contribution in [1.29, 1.82) is 0 Å². The number of furan rings is 1. The van der Waals surface area contributed by atoms with Crippen LogP contribution >= 0.6 is 11.6 Å². The van der Waals surface area contributed by atoms with E-state index in [4.69, 9.17) is 25.5 Å². The molecule has 1 fully saturated rings. The first-order valence-electron chi connectivity index (χ1n) is 9.65. The van der Waals surface area contributed by atoms with Crippen molar-refractivity contribution in [1.82, 2.24) is 4.90 Å². The number of aliphatic hydroxyl groups excluding tert-OH is 1. The molecule has 0 spiro atoms. The molecule has 2 heterocycles. The average Bonchev–Trinajstić information content (AvgIpc) is 3.25. The molecule has 30 heavy (non-hydrogen) atoms. The molecule has 1 aliphatic rings. The Kier molecular flexibility index (Phi) is 6.84. The molecular formula is C22H24ClNO6. The second kappa shape index (κ2) is 9.36. The van der Waals surface area contributed by atoms with Crippen molar-refractivity contribution in [3.63, 3.8) is 0 Å². The molecule has 1 aromatic heterocycles. The van der Waals surface area contributed by atoms with E-state index in [1.165, 1.54) is 4.90 Å². The highest BCUT2D eigenvalue weighted by Gasteiger charge is 2.47. The molecule has 1 aromatic carbocycles. The number of aliphatic hydroxyl groups is 1. The first-order chi connectivity index (χ1) is 14.4. The van der Waals surface area contributed by atoms with Gasteiger partial charge in [0.2, 0.25) is 0 Å². The number of nitrogens with zero attached hydrogens (tertiary/aromatic N) is 1. The zero-order chi connectivity index (χ0) is 21.8. The van der Waals surface area contributed by atoms with E-state index in [0.29, 0.717) is 47.5 Å². The van der Waals surface area contributed by atoms with Crippen LogP contribution in [0.25, 0.3) is 5.76 Å². The zero-order valence-corrected chi connectivity index (χ0v) is 17.9. The maximum Gasteiger partial charge on any atom is 0.295 e. The smallest absolute Gasteiger partial charge is 0.295 e. The Labute approximate surface area is 179 Å². The van der Waals surface area contributed by atoms with E-state index in [-0.39, 0.29) is 17.9 Å². The molecule has 0 bridgehead atoms. The molecule has 1 aliphatic heterocycles. The van der Waals surface area contributed by atoms with E-state index < -0.39 is 17.7 Å². The lowest BCUT2D eigenvalue weighted by molar-refractivity contribution is -0.140. The van der Waals surface area contributed by atoms with Gasteiger partial charge in [-0.05, 0) is 50.6 Å². The van der Waals surface area contributed by atoms with Crippen LogP contribution in [0, 0.1) is 6.92 Å². The number of Topliss-reactive ketones (excluding diaryl/α,β-unsaturated/α-hetero) is 1. The first-order valence-corrected chi connectivity index (χ1v) is 10.0. The van der Waals surface area contributed by atoms with Crippen LogP contribution in [-0.2, 0) is 14.3 Å². The Hall–Kier alpha value is -2.77. The maximum atomic E-state index is 12.9. The van der Waals surface area contributed by atoms with Gasteiger partial charge in [-0.2, -0.15) is 0 Å². The van der Waals surface area contributed by atoms with Gasteiger partial charge in [0.05, 0.1) is 17.2 Å². The van der Waals surface area contributed by atoms with E-state index in [0.717, 1.165) is 0 Å². The summed E-state index contributed by atoms with van der Waals surface area (Å²) in [6.45, 7) is 4.69. The summed E-state index contributed by atoms with van der Waals surface area (Å²) in [6, 6.07) is 7.31. The Bertz CT molecular complexity index is 980. The molecule has 3 rings (SSSR count). The van der Waals surface area contributed by atoms with Gasteiger partial charge in [-0.15, -0.1) is 0 Å². The van der Waals surface area contributed by atoms with Gasteiger partial charge in [0.25, 0.3) is 11.7 Å². The van der Waals surface area contributed by atoms with Crippen molar-refractivity contribution >= 4 is 29.1 Å². The van der Waals surface area contributed by atoms with Crippen molar-refractivity contribution in [3.8, 4) is 5.75 Å². The fourth-order valence-corrected chi connectivity index (χ4v) is 3.63. The number of ether oxygens (including phenoxy) is 2.